The van der Waals surface area contributed by atoms with Crippen LogP contribution in [0.15, 0.2) is 18.2 Å². The first-order valence-corrected chi connectivity index (χ1v) is 11.5. The number of fused-ring (bicyclic) bond motifs is 1. The highest BCUT2D eigenvalue weighted by atomic mass is 35.5. The fourth-order valence-corrected chi connectivity index (χ4v) is 5.42. The molecule has 0 aliphatic heterocycles. The summed E-state index contributed by atoms with van der Waals surface area (Å²) in [7, 11) is 1.84. The van der Waals surface area contributed by atoms with E-state index >= 15 is 0 Å². The number of nitrogens with one attached hydrogen (secondary N) is 2. The molecule has 0 bridgehead atoms. The number of hydrogen-bond donors (Lipinski definition) is 2. The Kier molecular flexibility index (Phi) is 7.69. The third kappa shape index (κ3) is 4.82. The number of esters is 2. The maximum Gasteiger partial charge on any atom is 0.441 e. The summed E-state index contributed by atoms with van der Waals surface area (Å²) in [6.45, 7) is 0. The lowest BCUT2D eigenvalue weighted by Crippen LogP contribution is -2.69. The SMILES string of the molecule is COC(=O)c1c(N[C@](NC(=O)c2ccc(Cl)cc2Cl)(C(=O)OC)C(F)(F)F)sc2c1CCCC2. The molecular weight excluding hydrogens is 520 g/mol. The van der Waals surface area contributed by atoms with Crippen molar-refractivity contribution < 1.29 is 37.0 Å². The van der Waals surface area contributed by atoms with E-state index in [0.29, 0.717) is 23.3 Å². The van der Waals surface area contributed by atoms with Crippen molar-refractivity contribution in [3.8, 4) is 0 Å². The average Bonchev–Trinajstić information content (AvgIpc) is 3.14. The minimum atomic E-state index is -5.40. The van der Waals surface area contributed by atoms with Gasteiger partial charge in [0.05, 0.1) is 30.4 Å². The Morgan fingerprint density at radius 2 is 1.74 bits per heavy atom. The summed E-state index contributed by atoms with van der Waals surface area (Å²) in [6, 6.07) is 3.54. The van der Waals surface area contributed by atoms with E-state index in [9.17, 15) is 27.6 Å². The Bertz CT molecular complexity index is 1140. The number of alkyl halides is 3. The fourth-order valence-electron chi connectivity index (χ4n) is 3.60. The zero-order valence-electron chi connectivity index (χ0n) is 17.9. The zero-order chi connectivity index (χ0) is 25.3. The Hall–Kier alpha value is -2.50. The summed E-state index contributed by atoms with van der Waals surface area (Å²) in [6.07, 6.45) is -2.86. The maximum absolute atomic E-state index is 14.5. The third-order valence-corrected chi connectivity index (χ3v) is 7.01. The van der Waals surface area contributed by atoms with Gasteiger partial charge in [-0.25, -0.2) is 9.59 Å². The van der Waals surface area contributed by atoms with Gasteiger partial charge >= 0.3 is 23.8 Å². The Labute approximate surface area is 206 Å². The van der Waals surface area contributed by atoms with Crippen molar-refractivity contribution in [2.75, 3.05) is 19.5 Å². The number of halogens is 5. The molecule has 1 amide bonds. The summed E-state index contributed by atoms with van der Waals surface area (Å²) in [4.78, 5) is 38.6. The molecule has 1 heterocycles. The highest BCUT2D eigenvalue weighted by Gasteiger charge is 2.64. The number of hydrogen-bond acceptors (Lipinski definition) is 7. The first-order chi connectivity index (χ1) is 15.9. The van der Waals surface area contributed by atoms with E-state index in [1.54, 1.807) is 5.32 Å². The van der Waals surface area contributed by atoms with Crippen LogP contribution in [-0.2, 0) is 27.1 Å². The van der Waals surface area contributed by atoms with Crippen LogP contribution in [0.3, 0.4) is 0 Å². The van der Waals surface area contributed by atoms with Crippen LogP contribution in [0.25, 0.3) is 0 Å². The van der Waals surface area contributed by atoms with E-state index in [1.165, 1.54) is 12.1 Å². The number of carbonyl (C=O) groups excluding carboxylic acids is 3. The van der Waals surface area contributed by atoms with Crippen LogP contribution in [0, 0.1) is 0 Å². The molecule has 0 radical (unpaired) electrons. The van der Waals surface area contributed by atoms with Gasteiger partial charge in [0.2, 0.25) is 0 Å². The van der Waals surface area contributed by atoms with E-state index in [2.05, 4.69) is 10.1 Å². The number of amides is 1. The first-order valence-electron chi connectivity index (χ1n) is 9.89. The summed E-state index contributed by atoms with van der Waals surface area (Å²) in [5.41, 5.74) is -3.65. The second-order valence-corrected chi connectivity index (χ2v) is 9.30. The molecule has 1 aliphatic carbocycles. The second kappa shape index (κ2) is 10.0. The summed E-state index contributed by atoms with van der Waals surface area (Å²) in [5.74, 6) is -4.03. The largest absolute Gasteiger partial charge is 0.466 e. The topological polar surface area (TPSA) is 93.7 Å². The van der Waals surface area contributed by atoms with Crippen molar-refractivity contribution in [3.05, 3.63) is 49.8 Å². The second-order valence-electron chi connectivity index (χ2n) is 7.35. The number of methoxy groups -OCH3 is 2. The van der Waals surface area contributed by atoms with Gasteiger partial charge in [-0.1, -0.05) is 23.2 Å². The predicted molar refractivity (Wildman–Crippen MR) is 121 cm³/mol. The minimum absolute atomic E-state index is 0.112. The number of ether oxygens (including phenoxy) is 2. The standard InChI is InChI=1S/C21H19Cl2F3N2O5S/c1-32-18(30)15-12-5-3-4-6-14(12)34-17(15)28-20(19(31)33-2,21(24,25)26)27-16(29)11-8-7-10(22)9-13(11)23/h7-9,28H,3-6H2,1-2H3,(H,27,29)/t20-/m1/s1. The molecule has 1 aromatic carbocycles. The van der Waals surface area contributed by atoms with Crippen LogP contribution in [0.1, 0.15) is 44.0 Å². The number of aryl methyl sites for hydroxylation is 1. The van der Waals surface area contributed by atoms with Crippen LogP contribution >= 0.6 is 34.5 Å². The smallest absolute Gasteiger partial charge is 0.441 e. The lowest BCUT2D eigenvalue weighted by Gasteiger charge is -2.34. The predicted octanol–water partition coefficient (Wildman–Crippen LogP) is 4.99. The van der Waals surface area contributed by atoms with E-state index in [0.717, 1.165) is 44.5 Å². The molecule has 2 N–H and O–H groups in total. The van der Waals surface area contributed by atoms with Crippen molar-refractivity contribution in [1.29, 1.82) is 0 Å². The number of rotatable bonds is 6. The van der Waals surface area contributed by atoms with Crippen molar-refractivity contribution in [1.82, 2.24) is 5.32 Å². The van der Waals surface area contributed by atoms with Gasteiger partial charge < -0.3 is 20.1 Å². The molecule has 3 rings (SSSR count). The Morgan fingerprint density at radius 3 is 2.32 bits per heavy atom. The van der Waals surface area contributed by atoms with Crippen molar-refractivity contribution >= 4 is 57.4 Å². The van der Waals surface area contributed by atoms with Crippen molar-refractivity contribution in [2.24, 2.45) is 0 Å². The molecule has 34 heavy (non-hydrogen) atoms. The van der Waals surface area contributed by atoms with Gasteiger partial charge in [-0.3, -0.25) is 4.79 Å². The molecule has 0 saturated heterocycles. The highest BCUT2D eigenvalue weighted by Crippen LogP contribution is 2.42. The van der Waals surface area contributed by atoms with E-state index in [-0.39, 0.29) is 26.2 Å². The van der Waals surface area contributed by atoms with Gasteiger partial charge in [-0.2, -0.15) is 13.2 Å². The van der Waals surface area contributed by atoms with Crippen molar-refractivity contribution in [3.63, 3.8) is 0 Å². The van der Waals surface area contributed by atoms with Crippen LogP contribution < -0.4 is 10.6 Å². The molecule has 7 nitrogen and oxygen atoms in total. The van der Waals surface area contributed by atoms with E-state index < -0.39 is 29.7 Å². The average molecular weight is 539 g/mol. The molecule has 0 saturated carbocycles. The first kappa shape index (κ1) is 26.1. The van der Waals surface area contributed by atoms with Gasteiger partial charge in [-0.15, -0.1) is 11.3 Å². The zero-order valence-corrected chi connectivity index (χ0v) is 20.2. The van der Waals surface area contributed by atoms with Gasteiger partial charge in [-0.05, 0) is 49.4 Å². The molecule has 0 unspecified atom stereocenters. The van der Waals surface area contributed by atoms with Gasteiger partial charge in [0.1, 0.15) is 5.00 Å². The highest BCUT2D eigenvalue weighted by molar-refractivity contribution is 7.16. The normalized spacial score (nSPS) is 15.0. The third-order valence-electron chi connectivity index (χ3n) is 5.26. The molecule has 13 heteroatoms. The quantitative estimate of drug-likeness (QED) is 0.397. The molecule has 1 aliphatic rings. The van der Waals surface area contributed by atoms with Crippen LogP contribution in [0.4, 0.5) is 18.2 Å². The molecule has 0 fully saturated rings. The molecule has 184 valence electrons. The summed E-state index contributed by atoms with van der Waals surface area (Å²) < 4.78 is 52.7. The molecule has 0 spiro atoms. The van der Waals surface area contributed by atoms with E-state index in [4.69, 9.17) is 27.9 Å². The monoisotopic (exact) mass is 538 g/mol. The maximum atomic E-state index is 14.5. The van der Waals surface area contributed by atoms with Crippen LogP contribution in [0.2, 0.25) is 10.0 Å². The molecule has 2 aromatic rings. The lowest BCUT2D eigenvalue weighted by molar-refractivity contribution is -0.203. The lowest BCUT2D eigenvalue weighted by atomic mass is 9.95. The Morgan fingerprint density at radius 1 is 1.06 bits per heavy atom. The van der Waals surface area contributed by atoms with Gasteiger partial charge in [0.25, 0.3) is 5.91 Å². The number of carbonyl (C=O) groups is 3. The summed E-state index contributed by atoms with van der Waals surface area (Å²) in [5, 5.41) is 3.41. The van der Waals surface area contributed by atoms with Gasteiger partial charge in [0.15, 0.2) is 0 Å². The Balaban J connectivity index is 2.14. The molecule has 1 aromatic heterocycles. The van der Waals surface area contributed by atoms with E-state index in [1.807, 2.05) is 0 Å². The molecular formula is C21H19Cl2F3N2O5S. The van der Waals surface area contributed by atoms with Gasteiger partial charge in [0, 0.05) is 9.90 Å². The number of benzene rings is 1. The number of anilines is 1. The minimum Gasteiger partial charge on any atom is -0.466 e. The van der Waals surface area contributed by atoms with Crippen LogP contribution in [0.5, 0.6) is 0 Å². The fraction of sp³-hybridized carbons (Fsp3) is 0.381. The van der Waals surface area contributed by atoms with Crippen molar-refractivity contribution in [2.45, 2.75) is 37.5 Å². The van der Waals surface area contributed by atoms with Crippen LogP contribution in [-0.4, -0.2) is 43.9 Å². The molecule has 1 atom stereocenters. The summed E-state index contributed by atoms with van der Waals surface area (Å²) >= 11 is 12.7. The number of thiophene rings is 1.